The fourth-order valence-corrected chi connectivity index (χ4v) is 16.6. The van der Waals surface area contributed by atoms with Crippen LogP contribution in [0.15, 0.2) is 78.4 Å². The third kappa shape index (κ3) is 4.43. The fraction of sp³-hybridized carbons (Fsp3) is 0.510. The van der Waals surface area contributed by atoms with Crippen LogP contribution in [0.1, 0.15) is 68.2 Å². The van der Waals surface area contributed by atoms with E-state index in [1.54, 1.807) is 12.1 Å². The van der Waals surface area contributed by atoms with Gasteiger partial charge < -0.3 is 55.2 Å². The average Bonchev–Trinajstić information content (AvgIpc) is 4.00. The van der Waals surface area contributed by atoms with Crippen molar-refractivity contribution in [2.75, 3.05) is 13.6 Å². The predicted octanol–water partition coefficient (Wildman–Crippen LogP) is 5.15. The highest BCUT2D eigenvalue weighted by molar-refractivity contribution is 6.14. The van der Waals surface area contributed by atoms with Gasteiger partial charge in [-0.05, 0) is 152 Å². The minimum atomic E-state index is -2.63. The van der Waals surface area contributed by atoms with Gasteiger partial charge in [-0.15, -0.1) is 0 Å². The van der Waals surface area contributed by atoms with Crippen molar-refractivity contribution in [1.29, 1.82) is 0 Å². The maximum absolute atomic E-state index is 15.2. The Bertz CT molecular complexity index is 2820. The number of fused-ring (bicyclic) bond motifs is 5. The van der Waals surface area contributed by atoms with E-state index in [0.717, 1.165) is 64.8 Å². The zero-order chi connectivity index (χ0) is 43.0. The van der Waals surface area contributed by atoms with E-state index in [1.165, 1.54) is 5.56 Å². The van der Waals surface area contributed by atoms with Crippen molar-refractivity contribution in [2.24, 2.45) is 35.0 Å². The summed E-state index contributed by atoms with van der Waals surface area (Å²) < 4.78 is 20.5. The normalized spacial score (nSPS) is 41.7. The molecular weight excluding hydrogens is 801 g/mol. The van der Waals surface area contributed by atoms with E-state index in [-0.39, 0.29) is 34.9 Å². The molecule has 14 atom stereocenters. The first-order valence-electron chi connectivity index (χ1n) is 23.1. The summed E-state index contributed by atoms with van der Waals surface area (Å²) in [7, 11) is 1.89. The van der Waals surface area contributed by atoms with E-state index in [2.05, 4.69) is 22.4 Å². The standard InChI is InChI=1S/C51H54N2O10/c1-52-23-30-21-36-41-29-14-17-48(36,47(44(30)57)16-15-32-10-9-31-8-6-28-19-33(55)11-12-35(28)49(31,32)47)63-45-43(62-51(60,39(56)22-29)50(41,45)59)46(58)61-42-38(24-54)53-37-13-7-27-18-25-4-2-3-5-26(25)20-34(27)40(37)42/h2-5,7,11-13,18-20,22,30-32,36,39,41,43-45,52-57,59-60H,6,8-10,14-17,21,23-24H2,1H3. The van der Waals surface area contributed by atoms with Gasteiger partial charge >= 0.3 is 5.97 Å². The van der Waals surface area contributed by atoms with E-state index in [9.17, 15) is 30.6 Å². The lowest BCUT2D eigenvalue weighted by Gasteiger charge is -2.74. The van der Waals surface area contributed by atoms with E-state index < -0.39 is 76.6 Å². The minimum Gasteiger partial charge on any atom is -0.508 e. The Balaban J connectivity index is 0.996. The van der Waals surface area contributed by atoms with Gasteiger partial charge in [0.05, 0.1) is 34.9 Å². The first kappa shape index (κ1) is 39.0. The van der Waals surface area contributed by atoms with Crippen LogP contribution in [0.4, 0.5) is 0 Å². The van der Waals surface area contributed by atoms with Crippen LogP contribution in [0, 0.1) is 35.0 Å². The fourth-order valence-electron chi connectivity index (χ4n) is 16.6. The molecule has 4 aromatic carbocycles. The Morgan fingerprint density at radius 3 is 2.51 bits per heavy atom. The molecule has 8 aliphatic rings. The molecular formula is C51H54N2O10. The zero-order valence-electron chi connectivity index (χ0n) is 35.2. The number of ether oxygens (including phenoxy) is 3. The second-order valence-electron chi connectivity index (χ2n) is 20.4. The van der Waals surface area contributed by atoms with Crippen molar-refractivity contribution in [3.05, 3.63) is 95.2 Å². The van der Waals surface area contributed by atoms with Crippen LogP contribution in [0.2, 0.25) is 0 Å². The molecule has 14 unspecified atom stereocenters. The molecule has 4 saturated carbocycles. The summed E-state index contributed by atoms with van der Waals surface area (Å²) in [5, 5.41) is 80.7. The van der Waals surface area contributed by atoms with Gasteiger partial charge in [-0.2, -0.15) is 0 Å². The molecule has 12 heteroatoms. The van der Waals surface area contributed by atoms with Gasteiger partial charge in [-0.25, -0.2) is 4.79 Å². The molecule has 13 rings (SSSR count). The van der Waals surface area contributed by atoms with Crippen LogP contribution in [0.5, 0.6) is 11.5 Å². The number of H-pyrrole nitrogens is 1. The van der Waals surface area contributed by atoms with E-state index >= 15 is 4.79 Å². The summed E-state index contributed by atoms with van der Waals surface area (Å²) in [6.45, 7) is 0.0556. The molecule has 3 heterocycles. The Morgan fingerprint density at radius 1 is 0.921 bits per heavy atom. The van der Waals surface area contributed by atoms with Gasteiger partial charge in [0.1, 0.15) is 18.0 Å². The summed E-state index contributed by atoms with van der Waals surface area (Å²) in [5.41, 5.74) is -0.789. The lowest BCUT2D eigenvalue weighted by Crippen LogP contribution is -2.83. The number of phenols is 1. The Morgan fingerprint density at radius 2 is 1.71 bits per heavy atom. The molecule has 8 N–H and O–H groups in total. The quantitative estimate of drug-likeness (QED) is 0.0663. The molecule has 2 aliphatic heterocycles. The number of aliphatic hydroxyl groups excluding tert-OH is 3. The monoisotopic (exact) mass is 854 g/mol. The van der Waals surface area contributed by atoms with Crippen molar-refractivity contribution in [3.8, 4) is 11.5 Å². The van der Waals surface area contributed by atoms with Crippen LogP contribution < -0.4 is 10.1 Å². The van der Waals surface area contributed by atoms with Crippen LogP contribution >= 0.6 is 0 Å². The zero-order valence-corrected chi connectivity index (χ0v) is 35.2. The highest BCUT2D eigenvalue weighted by atomic mass is 16.7. The SMILES string of the molecule is CNCC1CC2C3C4=CC(O)C5(O)OC(C(=O)Oc6c(CO)[nH]c7ccc8cc9ccccc9cc8c67)C(OC2(CC4)C2(CCC4CCC6CCc7cc(O)ccc7C642)C1O)C35O. The van der Waals surface area contributed by atoms with Gasteiger partial charge in [0.25, 0.3) is 0 Å². The second kappa shape index (κ2) is 12.9. The number of phenolic OH excluding ortho intramolecular Hbond substituents is 1. The number of aromatic hydroxyl groups is 1. The highest BCUT2D eigenvalue weighted by Gasteiger charge is 2.87. The third-order valence-corrected chi connectivity index (χ3v) is 18.4. The van der Waals surface area contributed by atoms with Gasteiger partial charge in [0.2, 0.25) is 5.79 Å². The number of aromatic nitrogens is 1. The summed E-state index contributed by atoms with van der Waals surface area (Å²) >= 11 is 0. The molecule has 2 bridgehead atoms. The Labute approximate surface area is 363 Å². The van der Waals surface area contributed by atoms with Gasteiger partial charge in [0.15, 0.2) is 17.5 Å². The number of aliphatic hydroxyl groups is 5. The molecule has 1 aromatic heterocycles. The van der Waals surface area contributed by atoms with Crippen LogP contribution in [0.3, 0.4) is 0 Å². The number of rotatable bonds is 5. The number of hydrogen-bond donors (Lipinski definition) is 8. The predicted molar refractivity (Wildman–Crippen MR) is 232 cm³/mol. The van der Waals surface area contributed by atoms with Gasteiger partial charge in [-0.1, -0.05) is 48.0 Å². The molecule has 6 aliphatic carbocycles. The largest absolute Gasteiger partial charge is 0.508 e. The second-order valence-corrected chi connectivity index (χ2v) is 20.4. The number of carbonyl (C=O) groups is 1. The number of benzene rings is 4. The smallest absolute Gasteiger partial charge is 0.343 e. The number of esters is 1. The van der Waals surface area contributed by atoms with Crippen LogP contribution in [-0.4, -0.2) is 96.6 Å². The van der Waals surface area contributed by atoms with Crippen molar-refractivity contribution < 1.29 is 49.6 Å². The number of carbonyl (C=O) groups excluding carboxylic acids is 1. The number of nitrogens with one attached hydrogen (secondary N) is 2. The van der Waals surface area contributed by atoms with Crippen molar-refractivity contribution >= 4 is 38.4 Å². The van der Waals surface area contributed by atoms with Crippen LogP contribution in [0.25, 0.3) is 32.4 Å². The highest BCUT2D eigenvalue weighted by Crippen LogP contribution is 2.81. The first-order chi connectivity index (χ1) is 30.4. The summed E-state index contributed by atoms with van der Waals surface area (Å²) in [4.78, 5) is 18.4. The minimum absolute atomic E-state index is 0.107. The lowest BCUT2D eigenvalue weighted by atomic mass is 9.35. The van der Waals surface area contributed by atoms with Crippen LogP contribution in [-0.2, 0) is 32.7 Å². The lowest BCUT2D eigenvalue weighted by molar-refractivity contribution is -0.387. The molecule has 12 nitrogen and oxygen atoms in total. The number of aryl methyl sites for hydroxylation is 1. The molecule has 5 aromatic rings. The van der Waals surface area contributed by atoms with Crippen molar-refractivity contribution in [2.45, 2.75) is 111 Å². The molecule has 2 saturated heterocycles. The van der Waals surface area contributed by atoms with Crippen molar-refractivity contribution in [3.63, 3.8) is 0 Å². The topological polar surface area (TPSA) is 194 Å². The summed E-state index contributed by atoms with van der Waals surface area (Å²) in [6, 6.07) is 21.7. The maximum Gasteiger partial charge on any atom is 0.343 e. The third-order valence-electron chi connectivity index (χ3n) is 18.4. The van der Waals surface area contributed by atoms with E-state index in [4.69, 9.17) is 14.2 Å². The Kier molecular flexibility index (Phi) is 8.00. The maximum atomic E-state index is 15.2. The average molecular weight is 855 g/mol. The van der Waals surface area contributed by atoms with Crippen molar-refractivity contribution in [1.82, 2.24) is 10.3 Å². The Hall–Kier alpha value is -4.37. The molecule has 6 fully saturated rings. The van der Waals surface area contributed by atoms with E-state index in [0.29, 0.717) is 43.1 Å². The number of hydrogen-bond acceptors (Lipinski definition) is 11. The van der Waals surface area contributed by atoms with Gasteiger partial charge in [-0.3, -0.25) is 0 Å². The molecule has 0 amide bonds. The first-order valence-corrected chi connectivity index (χ1v) is 23.1. The molecule has 2 spiro atoms. The molecule has 328 valence electrons. The van der Waals surface area contributed by atoms with Gasteiger partial charge in [0, 0.05) is 23.3 Å². The summed E-state index contributed by atoms with van der Waals surface area (Å²) in [5.74, 6) is -4.19. The number of aromatic amines is 1. The molecule has 0 radical (unpaired) electrons. The molecule has 63 heavy (non-hydrogen) atoms. The van der Waals surface area contributed by atoms with E-state index in [1.807, 2.05) is 55.6 Å². The summed E-state index contributed by atoms with van der Waals surface area (Å²) in [6.07, 6.45) is 2.63.